The number of hydrazone groups is 1. The Morgan fingerprint density at radius 3 is 2.34 bits per heavy atom. The number of carbonyl (C=O) groups excluding carboxylic acids is 1. The van der Waals surface area contributed by atoms with Crippen LogP contribution < -0.4 is 10.4 Å². The Bertz CT molecular complexity index is 1310. The second-order valence-corrected chi connectivity index (χ2v) is 12.4. The van der Waals surface area contributed by atoms with Gasteiger partial charge in [0.25, 0.3) is 5.91 Å². The van der Waals surface area contributed by atoms with E-state index in [0.717, 1.165) is 32.4 Å². The SMILES string of the molecule is C[C@@H]1C(C(=O)NN2CCCCC2)=NN(c2ccc(Cl)cc2Cl)[C@@H]1c1ccc(S(=O)(=O)CCC(F)(F)F)cc1. The Hall–Kier alpha value is -2.34. The molecule has 0 aromatic heterocycles. The van der Waals surface area contributed by atoms with Crippen LogP contribution in [0.3, 0.4) is 0 Å². The first kappa shape index (κ1) is 28.7. The molecule has 2 aliphatic rings. The highest BCUT2D eigenvalue weighted by atomic mass is 35.5. The van der Waals surface area contributed by atoms with E-state index in [1.807, 2.05) is 11.9 Å². The molecule has 0 unspecified atom stereocenters. The summed E-state index contributed by atoms with van der Waals surface area (Å²) in [5, 5.41) is 8.82. The monoisotopic (exact) mass is 590 g/mol. The number of halogens is 5. The summed E-state index contributed by atoms with van der Waals surface area (Å²) in [4.78, 5) is 13.0. The van der Waals surface area contributed by atoms with Crippen LogP contribution in [0, 0.1) is 5.92 Å². The van der Waals surface area contributed by atoms with Gasteiger partial charge in [-0.3, -0.25) is 15.2 Å². The number of hydrazine groups is 1. The van der Waals surface area contributed by atoms with Gasteiger partial charge in [0.15, 0.2) is 9.84 Å². The molecule has 2 aromatic rings. The maximum Gasteiger partial charge on any atom is 0.390 e. The molecule has 1 fully saturated rings. The van der Waals surface area contributed by atoms with Crippen molar-refractivity contribution in [3.05, 3.63) is 58.1 Å². The Kier molecular flexibility index (Phi) is 8.61. The van der Waals surface area contributed by atoms with Gasteiger partial charge in [-0.25, -0.2) is 13.4 Å². The first-order valence-electron chi connectivity index (χ1n) is 12.1. The highest BCUT2D eigenvalue weighted by Gasteiger charge is 2.40. The van der Waals surface area contributed by atoms with Gasteiger partial charge in [-0.05, 0) is 48.7 Å². The van der Waals surface area contributed by atoms with Crippen LogP contribution in [0.4, 0.5) is 18.9 Å². The van der Waals surface area contributed by atoms with Gasteiger partial charge < -0.3 is 0 Å². The summed E-state index contributed by atoms with van der Waals surface area (Å²) < 4.78 is 62.7. The molecule has 1 saturated heterocycles. The van der Waals surface area contributed by atoms with Crippen LogP contribution in [0.5, 0.6) is 0 Å². The zero-order chi connectivity index (χ0) is 27.7. The molecule has 1 N–H and O–H groups in total. The molecule has 0 bridgehead atoms. The molecule has 7 nitrogen and oxygen atoms in total. The first-order valence-corrected chi connectivity index (χ1v) is 14.5. The number of piperidine rings is 1. The Balaban J connectivity index is 1.64. The predicted molar refractivity (Wildman–Crippen MR) is 141 cm³/mol. The van der Waals surface area contributed by atoms with E-state index < -0.39 is 40.1 Å². The lowest BCUT2D eigenvalue weighted by atomic mass is 9.91. The number of hydrogen-bond donors (Lipinski definition) is 1. The molecule has 0 spiro atoms. The Labute approximate surface area is 229 Å². The maximum atomic E-state index is 13.2. The highest BCUT2D eigenvalue weighted by molar-refractivity contribution is 7.91. The van der Waals surface area contributed by atoms with Crippen LogP contribution >= 0.6 is 23.2 Å². The minimum absolute atomic E-state index is 0.212. The van der Waals surface area contributed by atoms with Gasteiger partial charge in [0.05, 0.1) is 33.8 Å². The summed E-state index contributed by atoms with van der Waals surface area (Å²) in [6.07, 6.45) is -2.93. The molecular weight excluding hydrogens is 564 g/mol. The molecule has 2 aromatic carbocycles. The Morgan fingerprint density at radius 1 is 1.08 bits per heavy atom. The summed E-state index contributed by atoms with van der Waals surface area (Å²) >= 11 is 12.5. The maximum absolute atomic E-state index is 13.2. The van der Waals surface area contributed by atoms with E-state index in [9.17, 15) is 26.4 Å². The third kappa shape index (κ3) is 6.62. The van der Waals surface area contributed by atoms with Crippen LogP contribution in [-0.4, -0.2) is 50.1 Å². The number of nitrogens with zero attached hydrogens (tertiary/aromatic N) is 3. The standard InChI is InChI=1S/C25H27Cl2F3N4O3S/c1-16-22(24(35)32-33-12-3-2-4-13-33)31-34(21-10-7-18(26)15-20(21)27)23(16)17-5-8-19(9-6-17)38(36,37)14-11-25(28,29)30/h5-10,15-16,23H,2-4,11-14H2,1H3,(H,32,35)/t16-,23+/m1/s1. The number of sulfone groups is 1. The smallest absolute Gasteiger partial charge is 0.284 e. The molecule has 0 saturated carbocycles. The molecule has 1 amide bonds. The van der Waals surface area contributed by atoms with Gasteiger partial charge >= 0.3 is 6.18 Å². The van der Waals surface area contributed by atoms with Crippen molar-refractivity contribution in [2.45, 2.75) is 49.7 Å². The summed E-state index contributed by atoms with van der Waals surface area (Å²) in [5.41, 5.74) is 4.31. The average Bonchev–Trinajstić information content (AvgIpc) is 3.20. The summed E-state index contributed by atoms with van der Waals surface area (Å²) in [5.74, 6) is -1.81. The molecule has 38 heavy (non-hydrogen) atoms. The van der Waals surface area contributed by atoms with Crippen molar-refractivity contribution in [1.29, 1.82) is 0 Å². The number of carbonyl (C=O) groups is 1. The van der Waals surface area contributed by atoms with Crippen molar-refractivity contribution in [2.24, 2.45) is 11.0 Å². The number of anilines is 1. The van der Waals surface area contributed by atoms with Gasteiger partial charge in [-0.2, -0.15) is 18.3 Å². The third-order valence-electron chi connectivity index (χ3n) is 6.62. The fraction of sp³-hybridized carbons (Fsp3) is 0.440. The predicted octanol–water partition coefficient (Wildman–Crippen LogP) is 5.79. The number of benzene rings is 2. The fourth-order valence-corrected chi connectivity index (χ4v) is 6.41. The average molecular weight is 591 g/mol. The number of amides is 1. The number of alkyl halides is 3. The van der Waals surface area contributed by atoms with E-state index in [1.165, 1.54) is 24.3 Å². The van der Waals surface area contributed by atoms with Crippen LogP contribution in [0.1, 0.15) is 44.2 Å². The van der Waals surface area contributed by atoms with Gasteiger partial charge in [0.2, 0.25) is 0 Å². The van der Waals surface area contributed by atoms with Gasteiger partial charge in [0, 0.05) is 24.0 Å². The normalized spacial score (nSPS) is 20.9. The Morgan fingerprint density at radius 2 is 1.74 bits per heavy atom. The second kappa shape index (κ2) is 11.4. The van der Waals surface area contributed by atoms with Crippen molar-refractivity contribution >= 4 is 50.3 Å². The van der Waals surface area contributed by atoms with Crippen molar-refractivity contribution in [3.8, 4) is 0 Å². The topological polar surface area (TPSA) is 82.1 Å². The summed E-state index contributed by atoms with van der Waals surface area (Å²) in [6.45, 7) is 3.32. The lowest BCUT2D eigenvalue weighted by Crippen LogP contribution is -2.48. The molecule has 13 heteroatoms. The highest BCUT2D eigenvalue weighted by Crippen LogP contribution is 2.42. The molecule has 2 aliphatic heterocycles. The lowest BCUT2D eigenvalue weighted by molar-refractivity contribution is -0.130. The number of nitrogens with one attached hydrogen (secondary N) is 1. The first-order chi connectivity index (χ1) is 17.9. The summed E-state index contributed by atoms with van der Waals surface area (Å²) in [6, 6.07) is 9.94. The zero-order valence-corrected chi connectivity index (χ0v) is 22.8. The molecule has 206 valence electrons. The van der Waals surface area contributed by atoms with E-state index in [4.69, 9.17) is 23.2 Å². The van der Waals surface area contributed by atoms with E-state index >= 15 is 0 Å². The van der Waals surface area contributed by atoms with Gasteiger partial charge in [0.1, 0.15) is 5.71 Å². The van der Waals surface area contributed by atoms with Crippen LogP contribution in [0.2, 0.25) is 10.0 Å². The quantitative estimate of drug-likeness (QED) is 0.441. The van der Waals surface area contributed by atoms with Gasteiger partial charge in [-0.15, -0.1) is 0 Å². The number of hydrogen-bond acceptors (Lipinski definition) is 6. The molecule has 2 heterocycles. The van der Waals surface area contributed by atoms with Crippen LogP contribution in [0.25, 0.3) is 0 Å². The van der Waals surface area contributed by atoms with E-state index in [0.29, 0.717) is 21.3 Å². The minimum atomic E-state index is -4.58. The summed E-state index contributed by atoms with van der Waals surface area (Å²) in [7, 11) is -4.13. The van der Waals surface area contributed by atoms with Crippen molar-refractivity contribution in [2.75, 3.05) is 23.9 Å². The van der Waals surface area contributed by atoms with Crippen LogP contribution in [-0.2, 0) is 14.6 Å². The second-order valence-electron chi connectivity index (χ2n) is 9.40. The zero-order valence-electron chi connectivity index (χ0n) is 20.5. The molecule has 0 radical (unpaired) electrons. The molecular formula is C25H27Cl2F3N4O3S. The molecule has 4 rings (SSSR count). The van der Waals surface area contributed by atoms with E-state index in [2.05, 4.69) is 10.5 Å². The van der Waals surface area contributed by atoms with Crippen molar-refractivity contribution in [1.82, 2.24) is 10.4 Å². The lowest BCUT2D eigenvalue weighted by Gasteiger charge is -2.28. The van der Waals surface area contributed by atoms with Gasteiger partial charge in [-0.1, -0.05) is 48.7 Å². The largest absolute Gasteiger partial charge is 0.390 e. The van der Waals surface area contributed by atoms with Crippen LogP contribution in [0.15, 0.2) is 52.5 Å². The third-order valence-corrected chi connectivity index (χ3v) is 8.89. The number of rotatable bonds is 7. The fourth-order valence-electron chi connectivity index (χ4n) is 4.63. The van der Waals surface area contributed by atoms with Crippen molar-refractivity contribution < 1.29 is 26.4 Å². The van der Waals surface area contributed by atoms with Crippen molar-refractivity contribution in [3.63, 3.8) is 0 Å². The van der Waals surface area contributed by atoms with E-state index in [-0.39, 0.29) is 16.5 Å². The molecule has 0 aliphatic carbocycles. The minimum Gasteiger partial charge on any atom is -0.284 e. The van der Waals surface area contributed by atoms with E-state index in [1.54, 1.807) is 23.2 Å². The molecule has 2 atom stereocenters.